The fourth-order valence-corrected chi connectivity index (χ4v) is 4.47. The van der Waals surface area contributed by atoms with E-state index < -0.39 is 17.3 Å². The molecule has 2 aromatic heterocycles. The molecule has 2 aliphatic heterocycles. The first-order chi connectivity index (χ1) is 16.7. The average Bonchev–Trinajstić information content (AvgIpc) is 3.30. The van der Waals surface area contributed by atoms with Crippen LogP contribution >= 0.6 is 11.6 Å². The molecule has 2 fully saturated rings. The number of alkyl halides is 3. The van der Waals surface area contributed by atoms with Gasteiger partial charge in [0.25, 0.3) is 5.56 Å². The second kappa shape index (κ2) is 10.8. The molecule has 4 heterocycles. The number of nitrogens with one attached hydrogen (secondary N) is 1. The lowest BCUT2D eigenvalue weighted by molar-refractivity contribution is -0.138. The Morgan fingerprint density at radius 2 is 1.86 bits per heavy atom. The molecule has 2 aliphatic rings. The summed E-state index contributed by atoms with van der Waals surface area (Å²) in [4.78, 5) is 38.0. The molecule has 10 nitrogen and oxygen atoms in total. The van der Waals surface area contributed by atoms with E-state index in [9.17, 15) is 22.8 Å². The molecule has 190 valence electrons. The summed E-state index contributed by atoms with van der Waals surface area (Å²) < 4.78 is 46.0. The van der Waals surface area contributed by atoms with Crippen LogP contribution in [0.1, 0.15) is 24.8 Å². The highest BCUT2D eigenvalue weighted by Gasteiger charge is 2.40. The third kappa shape index (κ3) is 6.01. The number of hydrogen-bond acceptors (Lipinski definition) is 8. The Bertz CT molecular complexity index is 1080. The highest BCUT2D eigenvalue weighted by Crippen LogP contribution is 2.36. The van der Waals surface area contributed by atoms with Gasteiger partial charge in [-0.25, -0.2) is 15.1 Å². The minimum Gasteiger partial charge on any atom is -0.379 e. The molecule has 0 aromatic carbocycles. The van der Waals surface area contributed by atoms with E-state index in [1.54, 1.807) is 4.90 Å². The Morgan fingerprint density at radius 1 is 1.14 bits per heavy atom. The molecule has 0 aliphatic carbocycles. The zero-order valence-electron chi connectivity index (χ0n) is 18.8. The van der Waals surface area contributed by atoms with Gasteiger partial charge >= 0.3 is 6.18 Å². The fourth-order valence-electron chi connectivity index (χ4n) is 4.37. The summed E-state index contributed by atoms with van der Waals surface area (Å²) in [5.41, 5.74) is -2.77. The Morgan fingerprint density at radius 3 is 2.54 bits per heavy atom. The summed E-state index contributed by atoms with van der Waals surface area (Å²) in [6, 6.07) is -0.335. The van der Waals surface area contributed by atoms with Gasteiger partial charge in [0.1, 0.15) is 5.56 Å². The van der Waals surface area contributed by atoms with Crippen LogP contribution in [-0.2, 0) is 15.7 Å². The fraction of sp³-hybridized carbons (Fsp3) is 0.571. The van der Waals surface area contributed by atoms with Crippen LogP contribution in [0.3, 0.4) is 0 Å². The predicted octanol–water partition coefficient (Wildman–Crippen LogP) is 1.96. The lowest BCUT2D eigenvalue weighted by Crippen LogP contribution is -2.49. The van der Waals surface area contributed by atoms with Gasteiger partial charge in [0.2, 0.25) is 11.9 Å². The number of aromatic nitrogens is 4. The van der Waals surface area contributed by atoms with Crippen molar-refractivity contribution in [3.63, 3.8) is 0 Å². The molecule has 0 bridgehead atoms. The molecule has 35 heavy (non-hydrogen) atoms. The molecule has 1 unspecified atom stereocenters. The summed E-state index contributed by atoms with van der Waals surface area (Å²) >= 11 is 5.81. The van der Waals surface area contributed by atoms with Gasteiger partial charge in [-0.05, 0) is 12.8 Å². The second-order valence-corrected chi connectivity index (χ2v) is 8.78. The van der Waals surface area contributed by atoms with Crippen molar-refractivity contribution >= 4 is 29.1 Å². The number of anilines is 2. The monoisotopic (exact) mass is 515 g/mol. The summed E-state index contributed by atoms with van der Waals surface area (Å²) in [6.07, 6.45) is 0.744. The van der Waals surface area contributed by atoms with Crippen LogP contribution in [0.15, 0.2) is 23.4 Å². The van der Waals surface area contributed by atoms with E-state index in [-0.39, 0.29) is 37.3 Å². The first-order valence-corrected chi connectivity index (χ1v) is 11.6. The number of carbonyl (C=O) groups is 1. The Hall–Kier alpha value is -2.93. The van der Waals surface area contributed by atoms with Crippen molar-refractivity contribution in [2.24, 2.45) is 0 Å². The zero-order valence-corrected chi connectivity index (χ0v) is 19.6. The topological polar surface area (TPSA) is 108 Å². The van der Waals surface area contributed by atoms with Crippen molar-refractivity contribution < 1.29 is 22.7 Å². The number of nitrogens with zero attached hydrogens (tertiary/aromatic N) is 6. The molecular formula is C21H25ClF3N7O3. The van der Waals surface area contributed by atoms with Crippen LogP contribution < -0.4 is 15.4 Å². The molecule has 2 aromatic rings. The predicted molar refractivity (Wildman–Crippen MR) is 121 cm³/mol. The van der Waals surface area contributed by atoms with Crippen LogP contribution in [-0.4, -0.2) is 83.0 Å². The van der Waals surface area contributed by atoms with Crippen molar-refractivity contribution in [1.82, 2.24) is 25.1 Å². The minimum absolute atomic E-state index is 0.0527. The number of aromatic amines is 1. The Balaban J connectivity index is 1.24. The summed E-state index contributed by atoms with van der Waals surface area (Å²) in [5, 5.41) is 5.86. The Kier molecular flexibility index (Phi) is 7.75. The summed E-state index contributed by atoms with van der Waals surface area (Å²) in [7, 11) is 0. The summed E-state index contributed by atoms with van der Waals surface area (Å²) in [6.45, 7) is 2.91. The first kappa shape index (κ1) is 25.2. The number of amides is 1. The number of halogens is 4. The first-order valence-electron chi connectivity index (χ1n) is 11.2. The van der Waals surface area contributed by atoms with E-state index >= 15 is 0 Å². The molecule has 1 N–H and O–H groups in total. The number of hydrogen-bond donors (Lipinski definition) is 1. The van der Waals surface area contributed by atoms with Crippen LogP contribution in [0.25, 0.3) is 0 Å². The standard InChI is InChI=1S/C21H25ClF3N7O3/c22-14-10-26-20(27-11-14)31-7-5-30(6-8-31)17(33)3-9-35-13-15-2-1-4-32(15)16-12-28-29-19(34)18(16)21(23,24)25/h10-12,15H,1-9,13H2,(H,29,34). The normalized spacial score (nSPS) is 18.9. The SMILES string of the molecule is O=C(CCOCC1CCCN1c1cn[nH]c(=O)c1C(F)(F)F)N1CCN(c2ncc(Cl)cn2)CC1. The van der Waals surface area contributed by atoms with Gasteiger partial charge in [0.05, 0.1) is 55.0 Å². The van der Waals surface area contributed by atoms with Gasteiger partial charge in [0.15, 0.2) is 0 Å². The number of carbonyl (C=O) groups excluding carboxylic acids is 1. The van der Waals surface area contributed by atoms with Crippen molar-refractivity contribution in [2.75, 3.05) is 55.7 Å². The van der Waals surface area contributed by atoms with Gasteiger partial charge in [-0.15, -0.1) is 0 Å². The highest BCUT2D eigenvalue weighted by atomic mass is 35.5. The number of H-pyrrole nitrogens is 1. The maximum atomic E-state index is 13.4. The van der Waals surface area contributed by atoms with E-state index in [0.29, 0.717) is 56.5 Å². The van der Waals surface area contributed by atoms with Gasteiger partial charge < -0.3 is 19.4 Å². The number of rotatable bonds is 7. The van der Waals surface area contributed by atoms with Gasteiger partial charge in [-0.2, -0.15) is 18.3 Å². The van der Waals surface area contributed by atoms with Crippen molar-refractivity contribution in [1.29, 1.82) is 0 Å². The molecule has 0 radical (unpaired) electrons. The molecule has 1 atom stereocenters. The number of ether oxygens (including phenoxy) is 1. The lowest BCUT2D eigenvalue weighted by atomic mass is 10.2. The summed E-state index contributed by atoms with van der Waals surface area (Å²) in [5.74, 6) is 0.512. The van der Waals surface area contributed by atoms with E-state index in [4.69, 9.17) is 16.3 Å². The Labute approximate surface area is 204 Å². The molecule has 1 amide bonds. The molecule has 2 saturated heterocycles. The molecule has 4 rings (SSSR count). The van der Waals surface area contributed by atoms with Crippen molar-refractivity contribution in [3.05, 3.63) is 39.5 Å². The van der Waals surface area contributed by atoms with Crippen molar-refractivity contribution in [2.45, 2.75) is 31.5 Å². The third-order valence-corrected chi connectivity index (χ3v) is 6.29. The van der Waals surface area contributed by atoms with Crippen LogP contribution in [0.5, 0.6) is 0 Å². The minimum atomic E-state index is -4.80. The van der Waals surface area contributed by atoms with Crippen LogP contribution in [0.2, 0.25) is 5.02 Å². The van der Waals surface area contributed by atoms with Gasteiger partial charge in [0, 0.05) is 32.7 Å². The third-order valence-electron chi connectivity index (χ3n) is 6.10. The van der Waals surface area contributed by atoms with E-state index in [1.165, 1.54) is 17.3 Å². The number of piperazine rings is 1. The highest BCUT2D eigenvalue weighted by molar-refractivity contribution is 6.30. The van der Waals surface area contributed by atoms with Crippen molar-refractivity contribution in [3.8, 4) is 0 Å². The van der Waals surface area contributed by atoms with E-state index in [1.807, 2.05) is 10.00 Å². The quantitative estimate of drug-likeness (QED) is 0.558. The molecule has 14 heteroatoms. The lowest BCUT2D eigenvalue weighted by Gasteiger charge is -2.34. The maximum absolute atomic E-state index is 13.4. The molecule has 0 saturated carbocycles. The second-order valence-electron chi connectivity index (χ2n) is 8.34. The van der Waals surface area contributed by atoms with E-state index in [2.05, 4.69) is 15.1 Å². The smallest absolute Gasteiger partial charge is 0.379 e. The molecule has 0 spiro atoms. The maximum Gasteiger partial charge on any atom is 0.423 e. The van der Waals surface area contributed by atoms with Crippen LogP contribution in [0.4, 0.5) is 24.8 Å². The van der Waals surface area contributed by atoms with Gasteiger partial charge in [-0.3, -0.25) is 9.59 Å². The zero-order chi connectivity index (χ0) is 25.0. The van der Waals surface area contributed by atoms with Gasteiger partial charge in [-0.1, -0.05) is 11.6 Å². The largest absolute Gasteiger partial charge is 0.423 e. The van der Waals surface area contributed by atoms with E-state index in [0.717, 1.165) is 6.20 Å². The van der Waals surface area contributed by atoms with Crippen LogP contribution in [0, 0.1) is 0 Å². The average molecular weight is 516 g/mol. The molecular weight excluding hydrogens is 491 g/mol.